The number of fused-ring (bicyclic) bond motifs is 1. The summed E-state index contributed by atoms with van der Waals surface area (Å²) in [5.41, 5.74) is 0.352. The molecule has 0 aliphatic carbocycles. The van der Waals surface area contributed by atoms with E-state index in [1.54, 1.807) is 0 Å². The van der Waals surface area contributed by atoms with E-state index in [9.17, 15) is 22.8 Å². The normalized spacial score (nSPS) is 16.9. The van der Waals surface area contributed by atoms with Gasteiger partial charge in [-0.15, -0.1) is 0 Å². The first kappa shape index (κ1) is 20.9. The van der Waals surface area contributed by atoms with Crippen LogP contribution in [0, 0.1) is 0 Å². The van der Waals surface area contributed by atoms with Crippen molar-refractivity contribution in [3.05, 3.63) is 70.8 Å². The molecule has 1 atom stereocenters. The highest BCUT2D eigenvalue weighted by Crippen LogP contribution is 2.31. The van der Waals surface area contributed by atoms with E-state index in [0.717, 1.165) is 23.3 Å². The highest BCUT2D eigenvalue weighted by molar-refractivity contribution is 5.98. The van der Waals surface area contributed by atoms with Crippen molar-refractivity contribution in [3.8, 4) is 0 Å². The third-order valence-corrected chi connectivity index (χ3v) is 4.75. The van der Waals surface area contributed by atoms with Gasteiger partial charge in [-0.1, -0.05) is 30.3 Å². The lowest BCUT2D eigenvalue weighted by molar-refractivity contribution is -0.137. The quantitative estimate of drug-likeness (QED) is 0.816. The Morgan fingerprint density at radius 1 is 1.00 bits per heavy atom. The summed E-state index contributed by atoms with van der Waals surface area (Å²) in [5, 5.41) is 2.88. The molecule has 0 unspecified atom stereocenters. The molecule has 0 saturated heterocycles. The van der Waals surface area contributed by atoms with Gasteiger partial charge in [-0.2, -0.15) is 13.2 Å². The topological polar surface area (TPSA) is 49.4 Å². The molecule has 2 aromatic carbocycles. The van der Waals surface area contributed by atoms with Gasteiger partial charge in [0.1, 0.15) is 6.04 Å². The van der Waals surface area contributed by atoms with E-state index in [2.05, 4.69) is 5.32 Å². The highest BCUT2D eigenvalue weighted by atomic mass is 19.4. The summed E-state index contributed by atoms with van der Waals surface area (Å²) in [6.07, 6.45) is -4.24. The molecule has 0 fully saturated rings. The number of hydrogen-bond acceptors (Lipinski definition) is 2. The zero-order chi connectivity index (χ0) is 21.4. The molecule has 1 aliphatic heterocycles. The molecular formula is C22H23F3N2O2. The Morgan fingerprint density at radius 2 is 1.66 bits per heavy atom. The zero-order valence-corrected chi connectivity index (χ0v) is 16.5. The molecule has 1 N–H and O–H groups in total. The van der Waals surface area contributed by atoms with Crippen LogP contribution >= 0.6 is 0 Å². The minimum Gasteiger partial charge on any atom is -0.350 e. The van der Waals surface area contributed by atoms with Gasteiger partial charge in [0.2, 0.25) is 5.91 Å². The fourth-order valence-electron chi connectivity index (χ4n) is 3.42. The Kier molecular flexibility index (Phi) is 5.43. The van der Waals surface area contributed by atoms with Crippen molar-refractivity contribution in [2.24, 2.45) is 0 Å². The largest absolute Gasteiger partial charge is 0.416 e. The molecular weight excluding hydrogens is 381 g/mol. The predicted octanol–water partition coefficient (Wildman–Crippen LogP) is 4.19. The second kappa shape index (κ2) is 7.54. The number of rotatable bonds is 2. The summed E-state index contributed by atoms with van der Waals surface area (Å²) in [6.45, 7) is 5.66. The first-order chi connectivity index (χ1) is 13.5. The van der Waals surface area contributed by atoms with Crippen molar-refractivity contribution >= 4 is 11.8 Å². The number of carbonyl (C=O) groups is 2. The number of alkyl halides is 3. The smallest absolute Gasteiger partial charge is 0.350 e. The van der Waals surface area contributed by atoms with Crippen LogP contribution in [0.1, 0.15) is 47.8 Å². The summed E-state index contributed by atoms with van der Waals surface area (Å²) in [6, 6.07) is 11.0. The molecule has 1 aliphatic rings. The Balaban J connectivity index is 1.97. The number of nitrogens with one attached hydrogen (secondary N) is 1. The van der Waals surface area contributed by atoms with E-state index in [4.69, 9.17) is 0 Å². The minimum atomic E-state index is -4.55. The number of amides is 2. The standard InChI is InChI=1S/C22H23F3N2O2/c1-21(2,3)26-19(28)18-12-14-7-4-5-8-16(14)13-27(18)20(29)15-9-6-10-17(11-15)22(23,24)25/h4-11,18H,12-13H2,1-3H3,(H,26,28)/t18-/m1/s1. The highest BCUT2D eigenvalue weighted by Gasteiger charge is 2.37. The lowest BCUT2D eigenvalue weighted by atomic mass is 9.92. The number of halogens is 3. The Morgan fingerprint density at radius 3 is 2.28 bits per heavy atom. The van der Waals surface area contributed by atoms with Crippen LogP contribution in [0.4, 0.5) is 13.2 Å². The lowest BCUT2D eigenvalue weighted by Crippen LogP contribution is -2.56. The average molecular weight is 404 g/mol. The maximum atomic E-state index is 13.1. The first-order valence-corrected chi connectivity index (χ1v) is 9.33. The molecule has 0 radical (unpaired) electrons. The van der Waals surface area contributed by atoms with Crippen LogP contribution in [0.15, 0.2) is 48.5 Å². The van der Waals surface area contributed by atoms with E-state index in [-0.39, 0.29) is 18.0 Å². The van der Waals surface area contributed by atoms with E-state index in [0.29, 0.717) is 6.42 Å². The van der Waals surface area contributed by atoms with Crippen LogP contribution in [-0.4, -0.2) is 28.3 Å². The minimum absolute atomic E-state index is 0.0900. The molecule has 2 amide bonds. The fourth-order valence-corrected chi connectivity index (χ4v) is 3.42. The molecule has 4 nitrogen and oxygen atoms in total. The SMILES string of the molecule is CC(C)(C)NC(=O)[C@H]1Cc2ccccc2CN1C(=O)c1cccc(C(F)(F)F)c1. The van der Waals surface area contributed by atoms with Crippen LogP contribution < -0.4 is 5.32 Å². The molecule has 7 heteroatoms. The summed E-state index contributed by atoms with van der Waals surface area (Å²) in [7, 11) is 0. The molecule has 29 heavy (non-hydrogen) atoms. The molecule has 0 aromatic heterocycles. The van der Waals surface area contributed by atoms with Crippen molar-refractivity contribution in [3.63, 3.8) is 0 Å². The van der Waals surface area contributed by atoms with Crippen molar-refractivity contribution < 1.29 is 22.8 Å². The summed E-state index contributed by atoms with van der Waals surface area (Å²) in [4.78, 5) is 27.4. The van der Waals surface area contributed by atoms with Crippen molar-refractivity contribution in [2.75, 3.05) is 0 Å². The Bertz CT molecular complexity index is 932. The van der Waals surface area contributed by atoms with Crippen molar-refractivity contribution in [1.29, 1.82) is 0 Å². The van der Waals surface area contributed by atoms with Gasteiger partial charge in [0.25, 0.3) is 5.91 Å². The maximum Gasteiger partial charge on any atom is 0.416 e. The summed E-state index contributed by atoms with van der Waals surface area (Å²) in [5.74, 6) is -0.924. The first-order valence-electron chi connectivity index (χ1n) is 9.33. The van der Waals surface area contributed by atoms with Gasteiger partial charge in [-0.25, -0.2) is 0 Å². The molecule has 1 heterocycles. The van der Waals surface area contributed by atoms with Crippen LogP contribution in [0.5, 0.6) is 0 Å². The monoisotopic (exact) mass is 404 g/mol. The lowest BCUT2D eigenvalue weighted by Gasteiger charge is -2.37. The zero-order valence-electron chi connectivity index (χ0n) is 16.5. The average Bonchev–Trinajstić information content (AvgIpc) is 2.64. The van der Waals surface area contributed by atoms with E-state index >= 15 is 0 Å². The molecule has 0 bridgehead atoms. The van der Waals surface area contributed by atoms with Crippen LogP contribution in [-0.2, 0) is 23.9 Å². The second-order valence-electron chi connectivity index (χ2n) is 8.24. The van der Waals surface area contributed by atoms with Crippen LogP contribution in [0.3, 0.4) is 0 Å². The molecule has 2 aromatic rings. The van der Waals surface area contributed by atoms with Gasteiger partial charge in [0.15, 0.2) is 0 Å². The molecule has 0 saturated carbocycles. The van der Waals surface area contributed by atoms with E-state index in [1.807, 2.05) is 45.0 Å². The van der Waals surface area contributed by atoms with Gasteiger partial charge in [0.05, 0.1) is 5.56 Å². The summed E-state index contributed by atoms with van der Waals surface area (Å²) >= 11 is 0. The van der Waals surface area contributed by atoms with Crippen molar-refractivity contribution in [1.82, 2.24) is 10.2 Å². The number of benzene rings is 2. The maximum absolute atomic E-state index is 13.1. The molecule has 3 rings (SSSR count). The van der Waals surface area contributed by atoms with Crippen molar-refractivity contribution in [2.45, 2.75) is 51.5 Å². The van der Waals surface area contributed by atoms with Gasteiger partial charge < -0.3 is 10.2 Å². The number of hydrogen-bond donors (Lipinski definition) is 1. The molecule has 154 valence electrons. The number of carbonyl (C=O) groups excluding carboxylic acids is 2. The van der Waals surface area contributed by atoms with E-state index in [1.165, 1.54) is 17.0 Å². The van der Waals surface area contributed by atoms with Crippen LogP contribution in [0.25, 0.3) is 0 Å². The number of nitrogens with zero attached hydrogens (tertiary/aromatic N) is 1. The van der Waals surface area contributed by atoms with Gasteiger partial charge in [-0.05, 0) is 50.1 Å². The van der Waals surface area contributed by atoms with E-state index < -0.39 is 29.2 Å². The third-order valence-electron chi connectivity index (χ3n) is 4.75. The molecule has 0 spiro atoms. The Hall–Kier alpha value is -2.83. The van der Waals surface area contributed by atoms with Crippen LogP contribution in [0.2, 0.25) is 0 Å². The van der Waals surface area contributed by atoms with Gasteiger partial charge in [-0.3, -0.25) is 9.59 Å². The predicted molar refractivity (Wildman–Crippen MR) is 103 cm³/mol. The summed E-state index contributed by atoms with van der Waals surface area (Å²) < 4.78 is 39.2. The Labute approximate surface area is 167 Å². The van der Waals surface area contributed by atoms with Gasteiger partial charge in [0, 0.05) is 24.1 Å². The second-order valence-corrected chi connectivity index (χ2v) is 8.24. The van der Waals surface area contributed by atoms with Gasteiger partial charge >= 0.3 is 6.18 Å². The third kappa shape index (κ3) is 4.78. The fraction of sp³-hybridized carbons (Fsp3) is 0.364.